The zero-order chi connectivity index (χ0) is 17.8. The first-order valence-electron chi connectivity index (χ1n) is 7.12. The lowest BCUT2D eigenvalue weighted by molar-refractivity contribution is -0.138. The molecule has 0 aliphatic carbocycles. The van der Waals surface area contributed by atoms with Gasteiger partial charge in [-0.25, -0.2) is 0 Å². The number of carbonyl (C=O) groups is 3. The molecule has 1 rings (SSSR count). The quantitative estimate of drug-likeness (QED) is 0.768. The first kappa shape index (κ1) is 19.0. The maximum Gasteiger partial charge on any atom is 0.325 e. The highest BCUT2D eigenvalue weighted by Gasteiger charge is 2.19. The van der Waals surface area contributed by atoms with E-state index in [1.165, 1.54) is 19.1 Å². The third-order valence-electron chi connectivity index (χ3n) is 2.90. The highest BCUT2D eigenvalue weighted by atomic mass is 35.5. The molecule has 7 heteroatoms. The molecule has 0 spiro atoms. The van der Waals surface area contributed by atoms with E-state index in [2.05, 4.69) is 10.6 Å². The van der Waals surface area contributed by atoms with Crippen molar-refractivity contribution >= 4 is 35.1 Å². The molecular formula is C16H21ClN2O4. The molecule has 0 aromatic heterocycles. The Hall–Kier alpha value is -2.08. The van der Waals surface area contributed by atoms with Crippen molar-refractivity contribution in [1.29, 1.82) is 0 Å². The molecule has 1 aromatic carbocycles. The summed E-state index contributed by atoms with van der Waals surface area (Å²) in [6.45, 7) is 7.19. The molecule has 0 fully saturated rings. The molecule has 0 radical (unpaired) electrons. The van der Waals surface area contributed by atoms with Gasteiger partial charge in [-0.1, -0.05) is 32.4 Å². The molecule has 0 aliphatic rings. The molecule has 6 nitrogen and oxygen atoms in total. The Balaban J connectivity index is 2.89. The predicted octanol–water partition coefficient (Wildman–Crippen LogP) is 2.92. The van der Waals surface area contributed by atoms with Crippen LogP contribution in [-0.2, 0) is 9.59 Å². The highest BCUT2D eigenvalue weighted by molar-refractivity contribution is 6.34. The molecule has 23 heavy (non-hydrogen) atoms. The van der Waals surface area contributed by atoms with Crippen molar-refractivity contribution in [2.45, 2.75) is 40.2 Å². The zero-order valence-corrected chi connectivity index (χ0v) is 14.3. The van der Waals surface area contributed by atoms with Crippen molar-refractivity contribution in [2.75, 3.05) is 5.32 Å². The maximum absolute atomic E-state index is 12.1. The van der Waals surface area contributed by atoms with Gasteiger partial charge in [-0.15, -0.1) is 0 Å². The monoisotopic (exact) mass is 340 g/mol. The summed E-state index contributed by atoms with van der Waals surface area (Å²) in [5.41, 5.74) is 0.373. The summed E-state index contributed by atoms with van der Waals surface area (Å²) in [6.07, 6.45) is 0.327. The molecule has 0 saturated carbocycles. The van der Waals surface area contributed by atoms with Gasteiger partial charge < -0.3 is 15.7 Å². The molecule has 2 amide bonds. The van der Waals surface area contributed by atoms with E-state index < -0.39 is 17.9 Å². The Labute approximate surface area is 140 Å². The molecular weight excluding hydrogens is 320 g/mol. The molecule has 126 valence electrons. The Morgan fingerprint density at radius 2 is 1.87 bits per heavy atom. The number of benzene rings is 1. The molecule has 0 saturated heterocycles. The highest BCUT2D eigenvalue weighted by Crippen LogP contribution is 2.23. The Morgan fingerprint density at radius 1 is 1.26 bits per heavy atom. The SMILES string of the molecule is C[C@H](NC(=O)c1cc(NC(=O)CC(C)(C)C)ccc1Cl)C(=O)O. The summed E-state index contributed by atoms with van der Waals surface area (Å²) in [5.74, 6) is -1.94. The van der Waals surface area contributed by atoms with Crippen molar-refractivity contribution < 1.29 is 19.5 Å². The van der Waals surface area contributed by atoms with Crippen molar-refractivity contribution in [1.82, 2.24) is 5.32 Å². The van der Waals surface area contributed by atoms with E-state index in [0.717, 1.165) is 0 Å². The number of anilines is 1. The molecule has 0 bridgehead atoms. The first-order chi connectivity index (χ1) is 10.5. The summed E-state index contributed by atoms with van der Waals surface area (Å²) < 4.78 is 0. The van der Waals surface area contributed by atoms with E-state index in [9.17, 15) is 14.4 Å². The van der Waals surface area contributed by atoms with Gasteiger partial charge in [0.1, 0.15) is 6.04 Å². The van der Waals surface area contributed by atoms with Gasteiger partial charge in [0.25, 0.3) is 5.91 Å². The third kappa shape index (κ3) is 6.28. The summed E-state index contributed by atoms with van der Waals surface area (Å²) in [6, 6.07) is 3.44. The Kier molecular flexibility index (Phi) is 6.15. The molecule has 0 aliphatic heterocycles. The maximum atomic E-state index is 12.1. The average Bonchev–Trinajstić information content (AvgIpc) is 2.38. The van der Waals surface area contributed by atoms with Crippen LogP contribution in [0.1, 0.15) is 44.5 Å². The fourth-order valence-corrected chi connectivity index (χ4v) is 2.00. The zero-order valence-electron chi connectivity index (χ0n) is 13.6. The van der Waals surface area contributed by atoms with Crippen LogP contribution in [0.5, 0.6) is 0 Å². The second kappa shape index (κ2) is 7.46. The molecule has 0 heterocycles. The number of aliphatic carboxylic acids is 1. The van der Waals surface area contributed by atoms with E-state index in [1.807, 2.05) is 20.8 Å². The average molecular weight is 341 g/mol. The first-order valence-corrected chi connectivity index (χ1v) is 7.50. The van der Waals surface area contributed by atoms with E-state index >= 15 is 0 Å². The van der Waals surface area contributed by atoms with E-state index in [1.54, 1.807) is 6.07 Å². The van der Waals surface area contributed by atoms with Crippen LogP contribution in [0.15, 0.2) is 18.2 Å². The lowest BCUT2D eigenvalue weighted by Crippen LogP contribution is -2.38. The van der Waals surface area contributed by atoms with Crippen molar-refractivity contribution in [3.8, 4) is 0 Å². The van der Waals surface area contributed by atoms with Gasteiger partial charge in [-0.2, -0.15) is 0 Å². The van der Waals surface area contributed by atoms with Crippen molar-refractivity contribution in [3.05, 3.63) is 28.8 Å². The van der Waals surface area contributed by atoms with E-state index in [4.69, 9.17) is 16.7 Å². The van der Waals surface area contributed by atoms with Gasteiger partial charge in [0.2, 0.25) is 5.91 Å². The van der Waals surface area contributed by atoms with Crippen LogP contribution in [0.4, 0.5) is 5.69 Å². The smallest absolute Gasteiger partial charge is 0.325 e. The number of halogens is 1. The topological polar surface area (TPSA) is 95.5 Å². The van der Waals surface area contributed by atoms with Crippen LogP contribution >= 0.6 is 11.6 Å². The van der Waals surface area contributed by atoms with Crippen LogP contribution in [-0.4, -0.2) is 28.9 Å². The van der Waals surface area contributed by atoms with Crippen LogP contribution in [0.25, 0.3) is 0 Å². The molecule has 1 aromatic rings. The van der Waals surface area contributed by atoms with Gasteiger partial charge >= 0.3 is 5.97 Å². The second-order valence-electron chi connectivity index (χ2n) is 6.51. The van der Waals surface area contributed by atoms with Gasteiger partial charge in [0, 0.05) is 12.1 Å². The normalized spacial score (nSPS) is 12.4. The van der Waals surface area contributed by atoms with Crippen molar-refractivity contribution in [3.63, 3.8) is 0 Å². The number of hydrogen-bond acceptors (Lipinski definition) is 3. The number of carboxylic acids is 1. The minimum Gasteiger partial charge on any atom is -0.480 e. The van der Waals surface area contributed by atoms with Gasteiger partial charge in [-0.3, -0.25) is 14.4 Å². The Bertz CT molecular complexity index is 623. The van der Waals surface area contributed by atoms with Gasteiger partial charge in [-0.05, 0) is 30.5 Å². The number of hydrogen-bond donors (Lipinski definition) is 3. The molecule has 3 N–H and O–H groups in total. The van der Waals surface area contributed by atoms with Gasteiger partial charge in [0.05, 0.1) is 10.6 Å². The van der Waals surface area contributed by atoms with Crippen LogP contribution in [0.2, 0.25) is 5.02 Å². The molecule has 1 atom stereocenters. The lowest BCUT2D eigenvalue weighted by atomic mass is 9.92. The summed E-state index contributed by atoms with van der Waals surface area (Å²) in [5, 5.41) is 14.0. The van der Waals surface area contributed by atoms with Crippen LogP contribution in [0, 0.1) is 5.41 Å². The third-order valence-corrected chi connectivity index (χ3v) is 3.23. The molecule has 0 unspecified atom stereocenters. The number of amides is 2. The summed E-state index contributed by atoms with van der Waals surface area (Å²) in [7, 11) is 0. The minimum atomic E-state index is -1.15. The standard InChI is InChI=1S/C16H21ClN2O4/c1-9(15(22)23)18-14(21)11-7-10(5-6-12(11)17)19-13(20)8-16(2,3)4/h5-7,9H,8H2,1-4H3,(H,18,21)(H,19,20)(H,22,23)/t9-/m0/s1. The second-order valence-corrected chi connectivity index (χ2v) is 6.92. The number of carbonyl (C=O) groups excluding carboxylic acids is 2. The summed E-state index contributed by atoms with van der Waals surface area (Å²) >= 11 is 5.98. The summed E-state index contributed by atoms with van der Waals surface area (Å²) in [4.78, 5) is 34.8. The largest absolute Gasteiger partial charge is 0.480 e. The van der Waals surface area contributed by atoms with Crippen LogP contribution in [0.3, 0.4) is 0 Å². The minimum absolute atomic E-state index is 0.105. The van der Waals surface area contributed by atoms with E-state index in [0.29, 0.717) is 12.1 Å². The number of carboxylic acid groups (broad SMARTS) is 1. The number of nitrogens with one attached hydrogen (secondary N) is 2. The fourth-order valence-electron chi connectivity index (χ4n) is 1.80. The fraction of sp³-hybridized carbons (Fsp3) is 0.438. The predicted molar refractivity (Wildman–Crippen MR) is 88.7 cm³/mol. The van der Waals surface area contributed by atoms with Gasteiger partial charge in [0.15, 0.2) is 0 Å². The van der Waals surface area contributed by atoms with Crippen molar-refractivity contribution in [2.24, 2.45) is 5.41 Å². The number of rotatable bonds is 5. The lowest BCUT2D eigenvalue weighted by Gasteiger charge is -2.17. The Morgan fingerprint density at radius 3 is 2.39 bits per heavy atom. The van der Waals surface area contributed by atoms with Crippen LogP contribution < -0.4 is 10.6 Å². The van der Waals surface area contributed by atoms with E-state index in [-0.39, 0.29) is 21.9 Å².